The molecule has 0 radical (unpaired) electrons. The second kappa shape index (κ2) is 7.60. The molecule has 0 saturated carbocycles. The number of hydrogen-bond acceptors (Lipinski definition) is 3. The Hall–Kier alpha value is -1.13. The van der Waals surface area contributed by atoms with Crippen molar-refractivity contribution in [3.63, 3.8) is 0 Å². The van der Waals surface area contributed by atoms with E-state index in [4.69, 9.17) is 32.7 Å². The molecule has 0 unspecified atom stereocenters. The van der Waals surface area contributed by atoms with Crippen molar-refractivity contribution in [3.8, 4) is 11.5 Å². The highest BCUT2D eigenvalue weighted by atomic mass is 35.5. The third-order valence-electron chi connectivity index (χ3n) is 2.73. The molecule has 1 aromatic carbocycles. The van der Waals surface area contributed by atoms with Crippen LogP contribution in [0.15, 0.2) is 18.2 Å². The zero-order chi connectivity index (χ0) is 15.2. The fourth-order valence-electron chi connectivity index (χ4n) is 1.35. The first-order valence-electron chi connectivity index (χ1n) is 6.21. The number of nitrogens with one attached hydrogen (secondary N) is 1. The van der Waals surface area contributed by atoms with Crippen LogP contribution in [0.2, 0.25) is 5.02 Å². The maximum absolute atomic E-state index is 11.8. The van der Waals surface area contributed by atoms with E-state index >= 15 is 0 Å². The standard InChI is InChI=1S/C14H19Cl2NO3/c1-14(2,9-15)13(18)17-6-7-20-12-5-4-10(19-3)8-11(12)16/h4-5,8H,6-7,9H2,1-3H3,(H,17,18). The van der Waals surface area contributed by atoms with Crippen molar-refractivity contribution >= 4 is 29.1 Å². The molecular weight excluding hydrogens is 301 g/mol. The molecule has 112 valence electrons. The van der Waals surface area contributed by atoms with Crippen LogP contribution in [0.3, 0.4) is 0 Å². The van der Waals surface area contributed by atoms with Crippen LogP contribution < -0.4 is 14.8 Å². The minimum Gasteiger partial charge on any atom is -0.497 e. The van der Waals surface area contributed by atoms with Crippen molar-refractivity contribution in [3.05, 3.63) is 23.2 Å². The number of ether oxygens (including phenoxy) is 2. The van der Waals surface area contributed by atoms with Gasteiger partial charge in [-0.25, -0.2) is 0 Å². The third kappa shape index (κ3) is 4.76. The number of carbonyl (C=O) groups is 1. The maximum atomic E-state index is 11.8. The molecule has 0 bridgehead atoms. The number of rotatable bonds is 7. The first-order chi connectivity index (χ1) is 9.40. The lowest BCUT2D eigenvalue weighted by Gasteiger charge is -2.20. The quantitative estimate of drug-likeness (QED) is 0.620. The Balaban J connectivity index is 2.40. The number of hydrogen-bond donors (Lipinski definition) is 1. The molecule has 0 aromatic heterocycles. The van der Waals surface area contributed by atoms with E-state index in [2.05, 4.69) is 5.32 Å². The lowest BCUT2D eigenvalue weighted by molar-refractivity contribution is -0.128. The maximum Gasteiger partial charge on any atom is 0.226 e. The zero-order valence-electron chi connectivity index (χ0n) is 11.8. The molecule has 1 N–H and O–H groups in total. The minimum absolute atomic E-state index is 0.100. The normalized spacial score (nSPS) is 11.1. The van der Waals surface area contributed by atoms with Gasteiger partial charge < -0.3 is 14.8 Å². The second-order valence-corrected chi connectivity index (χ2v) is 5.59. The molecule has 6 heteroatoms. The summed E-state index contributed by atoms with van der Waals surface area (Å²) in [4.78, 5) is 11.8. The van der Waals surface area contributed by atoms with E-state index in [0.29, 0.717) is 29.7 Å². The predicted molar refractivity (Wildman–Crippen MR) is 81.0 cm³/mol. The van der Waals surface area contributed by atoms with E-state index in [9.17, 15) is 4.79 Å². The summed E-state index contributed by atoms with van der Waals surface area (Å²) >= 11 is 11.8. The van der Waals surface area contributed by atoms with E-state index in [1.807, 2.05) is 0 Å². The summed E-state index contributed by atoms with van der Waals surface area (Å²) in [7, 11) is 1.57. The van der Waals surface area contributed by atoms with Gasteiger partial charge in [-0.3, -0.25) is 4.79 Å². The summed E-state index contributed by atoms with van der Waals surface area (Å²) in [5.74, 6) is 1.39. The van der Waals surface area contributed by atoms with Gasteiger partial charge in [-0.1, -0.05) is 11.6 Å². The molecule has 20 heavy (non-hydrogen) atoms. The first-order valence-corrected chi connectivity index (χ1v) is 7.12. The summed E-state index contributed by atoms with van der Waals surface area (Å²) in [6.07, 6.45) is 0. The van der Waals surface area contributed by atoms with Gasteiger partial charge in [0.25, 0.3) is 0 Å². The van der Waals surface area contributed by atoms with Crippen LogP contribution in [0.4, 0.5) is 0 Å². The summed E-state index contributed by atoms with van der Waals surface area (Å²) in [6.45, 7) is 4.30. The Labute approximate surface area is 129 Å². The van der Waals surface area contributed by atoms with Gasteiger partial charge in [-0.05, 0) is 26.0 Å². The molecule has 1 aromatic rings. The van der Waals surface area contributed by atoms with Crippen molar-refractivity contribution in [1.29, 1.82) is 0 Å². The van der Waals surface area contributed by atoms with E-state index in [-0.39, 0.29) is 11.8 Å². The molecule has 0 fully saturated rings. The highest BCUT2D eigenvalue weighted by Gasteiger charge is 2.25. The number of carbonyl (C=O) groups excluding carboxylic acids is 1. The summed E-state index contributed by atoms with van der Waals surface area (Å²) < 4.78 is 10.5. The topological polar surface area (TPSA) is 47.6 Å². The van der Waals surface area contributed by atoms with Gasteiger partial charge in [0.15, 0.2) is 0 Å². The molecular formula is C14H19Cl2NO3. The number of halogens is 2. The van der Waals surface area contributed by atoms with Crippen molar-refractivity contribution in [1.82, 2.24) is 5.32 Å². The largest absolute Gasteiger partial charge is 0.497 e. The molecule has 0 heterocycles. The van der Waals surface area contributed by atoms with Crippen molar-refractivity contribution < 1.29 is 14.3 Å². The smallest absolute Gasteiger partial charge is 0.226 e. The molecule has 0 atom stereocenters. The number of benzene rings is 1. The lowest BCUT2D eigenvalue weighted by Crippen LogP contribution is -2.39. The van der Waals surface area contributed by atoms with E-state index in [1.165, 1.54) is 0 Å². The summed E-state index contributed by atoms with van der Waals surface area (Å²) in [5.41, 5.74) is -0.584. The number of amides is 1. The predicted octanol–water partition coefficient (Wildman–Crippen LogP) is 3.11. The molecule has 1 rings (SSSR count). The van der Waals surface area contributed by atoms with Gasteiger partial charge in [0, 0.05) is 11.9 Å². The van der Waals surface area contributed by atoms with Crippen molar-refractivity contribution in [2.75, 3.05) is 26.1 Å². The van der Waals surface area contributed by atoms with E-state index in [0.717, 1.165) is 0 Å². The molecule has 1 amide bonds. The average Bonchev–Trinajstić information content (AvgIpc) is 2.44. The van der Waals surface area contributed by atoms with Gasteiger partial charge in [0.2, 0.25) is 5.91 Å². The lowest BCUT2D eigenvalue weighted by atomic mass is 9.95. The van der Waals surface area contributed by atoms with Crippen LogP contribution in [0.25, 0.3) is 0 Å². The Bertz CT molecular complexity index is 464. The second-order valence-electron chi connectivity index (χ2n) is 4.92. The average molecular weight is 320 g/mol. The van der Waals surface area contributed by atoms with Gasteiger partial charge in [0.05, 0.1) is 24.1 Å². The van der Waals surface area contributed by atoms with Crippen LogP contribution >= 0.6 is 23.2 Å². The van der Waals surface area contributed by atoms with Gasteiger partial charge in [0.1, 0.15) is 18.1 Å². The van der Waals surface area contributed by atoms with Crippen LogP contribution in [0.1, 0.15) is 13.8 Å². The molecule has 0 saturated heterocycles. The van der Waals surface area contributed by atoms with Gasteiger partial charge in [-0.15, -0.1) is 11.6 Å². The van der Waals surface area contributed by atoms with Gasteiger partial charge in [-0.2, -0.15) is 0 Å². The SMILES string of the molecule is COc1ccc(OCCNC(=O)C(C)(C)CCl)c(Cl)c1. The highest BCUT2D eigenvalue weighted by molar-refractivity contribution is 6.32. The van der Waals surface area contributed by atoms with E-state index < -0.39 is 5.41 Å². The Kier molecular flexibility index (Phi) is 6.43. The molecule has 0 aliphatic carbocycles. The first kappa shape index (κ1) is 16.9. The van der Waals surface area contributed by atoms with Crippen molar-refractivity contribution in [2.45, 2.75) is 13.8 Å². The molecule has 4 nitrogen and oxygen atoms in total. The van der Waals surface area contributed by atoms with Crippen LogP contribution in [0.5, 0.6) is 11.5 Å². The number of methoxy groups -OCH3 is 1. The van der Waals surface area contributed by atoms with Gasteiger partial charge >= 0.3 is 0 Å². The summed E-state index contributed by atoms with van der Waals surface area (Å²) in [5, 5.41) is 3.24. The van der Waals surface area contributed by atoms with Crippen LogP contribution in [-0.4, -0.2) is 32.0 Å². The summed E-state index contributed by atoms with van der Waals surface area (Å²) in [6, 6.07) is 5.16. The van der Waals surface area contributed by atoms with Crippen LogP contribution in [-0.2, 0) is 4.79 Å². The minimum atomic E-state index is -0.584. The Morgan fingerprint density at radius 2 is 2.10 bits per heavy atom. The molecule has 0 spiro atoms. The molecule has 0 aliphatic heterocycles. The fraction of sp³-hybridized carbons (Fsp3) is 0.500. The zero-order valence-corrected chi connectivity index (χ0v) is 13.3. The van der Waals surface area contributed by atoms with Crippen LogP contribution in [0, 0.1) is 5.41 Å². The van der Waals surface area contributed by atoms with E-state index in [1.54, 1.807) is 39.2 Å². The Morgan fingerprint density at radius 1 is 1.40 bits per heavy atom. The monoisotopic (exact) mass is 319 g/mol. The molecule has 0 aliphatic rings. The third-order valence-corrected chi connectivity index (χ3v) is 3.70. The Morgan fingerprint density at radius 3 is 2.65 bits per heavy atom. The number of alkyl halides is 1. The highest BCUT2D eigenvalue weighted by Crippen LogP contribution is 2.28. The van der Waals surface area contributed by atoms with Crippen molar-refractivity contribution in [2.24, 2.45) is 5.41 Å². The fourth-order valence-corrected chi connectivity index (χ4v) is 1.70.